The molecule has 82 valence electrons. The molecule has 0 aliphatic rings. The van der Waals surface area contributed by atoms with Gasteiger partial charge < -0.3 is 9.84 Å². The van der Waals surface area contributed by atoms with Crippen molar-refractivity contribution in [3.63, 3.8) is 0 Å². The van der Waals surface area contributed by atoms with Gasteiger partial charge in [0.15, 0.2) is 0 Å². The average Bonchev–Trinajstić information content (AvgIpc) is 2.20. The molecule has 0 aliphatic heterocycles. The van der Waals surface area contributed by atoms with Crippen LogP contribution in [0.2, 0.25) is 0 Å². The van der Waals surface area contributed by atoms with Crippen LogP contribution in [-0.4, -0.2) is 17.7 Å². The van der Waals surface area contributed by atoms with Crippen molar-refractivity contribution >= 4 is 5.97 Å². The Hall–Kier alpha value is -1.51. The second-order valence-corrected chi connectivity index (χ2v) is 3.48. The minimum atomic E-state index is -0.231. The number of benzene rings is 1. The van der Waals surface area contributed by atoms with E-state index in [0.29, 0.717) is 6.61 Å². The van der Waals surface area contributed by atoms with Crippen LogP contribution in [0.5, 0.6) is 5.75 Å². The second-order valence-electron chi connectivity index (χ2n) is 3.48. The number of ether oxygens (including phenoxy) is 1. The molecule has 0 aliphatic carbocycles. The van der Waals surface area contributed by atoms with Crippen LogP contribution >= 0.6 is 0 Å². The summed E-state index contributed by atoms with van der Waals surface area (Å²) in [5.74, 6) is 0.0331. The van der Waals surface area contributed by atoms with Crippen LogP contribution in [0.4, 0.5) is 0 Å². The van der Waals surface area contributed by atoms with E-state index in [1.165, 1.54) is 0 Å². The van der Waals surface area contributed by atoms with Gasteiger partial charge in [-0.2, -0.15) is 0 Å². The Kier molecular flexibility index (Phi) is 3.72. The van der Waals surface area contributed by atoms with Gasteiger partial charge in [-0.05, 0) is 43.5 Å². The third kappa shape index (κ3) is 2.72. The molecule has 3 heteroatoms. The molecule has 1 aromatic rings. The van der Waals surface area contributed by atoms with Crippen molar-refractivity contribution < 1.29 is 14.6 Å². The molecule has 1 N–H and O–H groups in total. The lowest BCUT2D eigenvalue weighted by molar-refractivity contribution is -0.142. The Balaban J connectivity index is 2.87. The first-order chi connectivity index (χ1) is 7.06. The minimum absolute atomic E-state index is 0.231. The lowest BCUT2D eigenvalue weighted by Gasteiger charge is -2.09. The monoisotopic (exact) mass is 208 g/mol. The number of phenols is 1. The number of phenolic OH excluding ortho intramolecular Hbond substituents is 1. The van der Waals surface area contributed by atoms with Gasteiger partial charge in [0.1, 0.15) is 5.75 Å². The van der Waals surface area contributed by atoms with Crippen molar-refractivity contribution in [1.29, 1.82) is 0 Å². The maximum atomic E-state index is 11.3. The number of esters is 1. The molecule has 0 spiro atoms. The van der Waals surface area contributed by atoms with E-state index in [-0.39, 0.29) is 18.1 Å². The third-order valence-electron chi connectivity index (χ3n) is 2.51. The maximum absolute atomic E-state index is 11.3. The van der Waals surface area contributed by atoms with E-state index in [9.17, 15) is 9.90 Å². The Bertz CT molecular complexity index is 369. The molecule has 0 saturated carbocycles. The summed E-state index contributed by atoms with van der Waals surface area (Å²) in [6.07, 6.45) is 0.265. The van der Waals surface area contributed by atoms with Gasteiger partial charge in [-0.1, -0.05) is 6.07 Å². The summed E-state index contributed by atoms with van der Waals surface area (Å²) in [5.41, 5.74) is 2.67. The fraction of sp³-hybridized carbons (Fsp3) is 0.417. The summed E-state index contributed by atoms with van der Waals surface area (Å²) in [6, 6.07) is 3.37. The van der Waals surface area contributed by atoms with Crippen molar-refractivity contribution in [3.05, 3.63) is 28.8 Å². The van der Waals surface area contributed by atoms with Crippen molar-refractivity contribution in [3.8, 4) is 5.75 Å². The zero-order valence-corrected chi connectivity index (χ0v) is 9.33. The fourth-order valence-electron chi connectivity index (χ4n) is 1.42. The molecule has 0 bridgehead atoms. The normalized spacial score (nSPS) is 10.1. The summed E-state index contributed by atoms with van der Waals surface area (Å²) in [6.45, 7) is 5.91. The highest BCUT2D eigenvalue weighted by Gasteiger charge is 2.09. The van der Waals surface area contributed by atoms with Gasteiger partial charge in [0.2, 0.25) is 0 Å². The van der Waals surface area contributed by atoms with E-state index < -0.39 is 0 Å². The van der Waals surface area contributed by atoms with Crippen LogP contribution in [0.15, 0.2) is 12.1 Å². The molecule has 3 nitrogen and oxygen atoms in total. The molecule has 1 rings (SSSR count). The third-order valence-corrected chi connectivity index (χ3v) is 2.51. The molecule has 0 radical (unpaired) electrons. The predicted octanol–water partition coefficient (Wildman–Crippen LogP) is 2.11. The first-order valence-corrected chi connectivity index (χ1v) is 5.00. The summed E-state index contributed by atoms with van der Waals surface area (Å²) >= 11 is 0. The van der Waals surface area contributed by atoms with Gasteiger partial charge in [0.05, 0.1) is 13.0 Å². The highest BCUT2D eigenvalue weighted by Crippen LogP contribution is 2.23. The van der Waals surface area contributed by atoms with Crippen LogP contribution in [0.1, 0.15) is 23.6 Å². The van der Waals surface area contributed by atoms with E-state index in [1.807, 2.05) is 13.8 Å². The number of hydrogen-bond donors (Lipinski definition) is 1. The fourth-order valence-corrected chi connectivity index (χ4v) is 1.42. The zero-order chi connectivity index (χ0) is 11.4. The summed E-state index contributed by atoms with van der Waals surface area (Å²) in [5, 5.41) is 9.45. The van der Waals surface area contributed by atoms with Gasteiger partial charge in [0.25, 0.3) is 0 Å². The Morgan fingerprint density at radius 3 is 2.60 bits per heavy atom. The summed E-state index contributed by atoms with van der Waals surface area (Å²) in [7, 11) is 0. The number of carbonyl (C=O) groups is 1. The molecule has 1 aromatic carbocycles. The van der Waals surface area contributed by atoms with E-state index in [4.69, 9.17) is 4.74 Å². The highest BCUT2D eigenvalue weighted by atomic mass is 16.5. The van der Waals surface area contributed by atoms with Crippen LogP contribution in [-0.2, 0) is 16.0 Å². The van der Waals surface area contributed by atoms with Gasteiger partial charge >= 0.3 is 5.97 Å². The van der Waals surface area contributed by atoms with Crippen LogP contribution in [0.25, 0.3) is 0 Å². The molecule has 0 fully saturated rings. The van der Waals surface area contributed by atoms with E-state index in [1.54, 1.807) is 19.1 Å². The molecular weight excluding hydrogens is 192 g/mol. The van der Waals surface area contributed by atoms with Crippen molar-refractivity contribution in [1.82, 2.24) is 0 Å². The standard InChI is InChI=1S/C12H16O3/c1-4-15-12(14)7-10-5-6-11(13)9(3)8(10)2/h5-6,13H,4,7H2,1-3H3. The molecule has 15 heavy (non-hydrogen) atoms. The molecule has 0 atom stereocenters. The Morgan fingerprint density at radius 2 is 2.00 bits per heavy atom. The molecule has 0 amide bonds. The number of aromatic hydroxyl groups is 1. The van der Waals surface area contributed by atoms with Gasteiger partial charge in [0, 0.05) is 0 Å². The second kappa shape index (κ2) is 4.82. The molecular formula is C12H16O3. The van der Waals surface area contributed by atoms with Crippen molar-refractivity contribution in [2.75, 3.05) is 6.61 Å². The Labute approximate surface area is 89.7 Å². The van der Waals surface area contributed by atoms with Gasteiger partial charge in [-0.25, -0.2) is 0 Å². The summed E-state index contributed by atoms with van der Waals surface area (Å²) < 4.78 is 4.87. The number of rotatable bonds is 3. The quantitative estimate of drug-likeness (QED) is 0.774. The number of hydrogen-bond acceptors (Lipinski definition) is 3. The molecule has 0 saturated heterocycles. The lowest BCUT2D eigenvalue weighted by Crippen LogP contribution is -2.08. The van der Waals surface area contributed by atoms with Crippen LogP contribution in [0, 0.1) is 13.8 Å². The van der Waals surface area contributed by atoms with Crippen molar-refractivity contribution in [2.45, 2.75) is 27.2 Å². The topological polar surface area (TPSA) is 46.5 Å². The first-order valence-electron chi connectivity index (χ1n) is 5.00. The van der Waals surface area contributed by atoms with Crippen LogP contribution < -0.4 is 0 Å². The first kappa shape index (κ1) is 11.6. The number of carbonyl (C=O) groups excluding carboxylic acids is 1. The Morgan fingerprint density at radius 1 is 1.33 bits per heavy atom. The smallest absolute Gasteiger partial charge is 0.310 e. The van der Waals surface area contributed by atoms with Crippen molar-refractivity contribution in [2.24, 2.45) is 0 Å². The molecule has 0 heterocycles. The molecule has 0 unspecified atom stereocenters. The summed E-state index contributed by atoms with van der Waals surface area (Å²) in [4.78, 5) is 11.3. The van der Waals surface area contributed by atoms with Gasteiger partial charge in [-0.15, -0.1) is 0 Å². The van der Waals surface area contributed by atoms with E-state index >= 15 is 0 Å². The SMILES string of the molecule is CCOC(=O)Cc1ccc(O)c(C)c1C. The molecule has 0 aromatic heterocycles. The average molecular weight is 208 g/mol. The lowest BCUT2D eigenvalue weighted by atomic mass is 10.0. The maximum Gasteiger partial charge on any atom is 0.310 e. The van der Waals surface area contributed by atoms with Gasteiger partial charge in [-0.3, -0.25) is 4.79 Å². The van der Waals surface area contributed by atoms with Crippen LogP contribution in [0.3, 0.4) is 0 Å². The largest absolute Gasteiger partial charge is 0.508 e. The van der Waals surface area contributed by atoms with E-state index in [0.717, 1.165) is 16.7 Å². The predicted molar refractivity (Wildman–Crippen MR) is 57.9 cm³/mol. The highest BCUT2D eigenvalue weighted by molar-refractivity contribution is 5.73. The minimum Gasteiger partial charge on any atom is -0.508 e. The van der Waals surface area contributed by atoms with E-state index in [2.05, 4.69) is 0 Å². The zero-order valence-electron chi connectivity index (χ0n) is 9.33.